The molecule has 0 spiro atoms. The third kappa shape index (κ3) is 3.33. The fraction of sp³-hybridized carbons (Fsp3) is 0.500. The Kier molecular flexibility index (Phi) is 4.66. The number of amides is 1. The summed E-state index contributed by atoms with van der Waals surface area (Å²) >= 11 is 0. The molecule has 2 aromatic rings. The molecule has 1 amide bonds. The summed E-state index contributed by atoms with van der Waals surface area (Å²) in [6.45, 7) is 7.42. The summed E-state index contributed by atoms with van der Waals surface area (Å²) in [4.78, 5) is 31.2. The van der Waals surface area contributed by atoms with E-state index in [1.54, 1.807) is 6.07 Å². The van der Waals surface area contributed by atoms with Crippen LogP contribution < -0.4 is 5.56 Å². The van der Waals surface area contributed by atoms with E-state index in [9.17, 15) is 9.59 Å². The summed E-state index contributed by atoms with van der Waals surface area (Å²) in [5.41, 5.74) is 1.60. The molecule has 0 saturated carbocycles. The van der Waals surface area contributed by atoms with Crippen molar-refractivity contribution in [3.8, 4) is 0 Å². The van der Waals surface area contributed by atoms with Gasteiger partial charge in [0.05, 0.1) is 29.4 Å². The topological polar surface area (TPSA) is 64.4 Å². The van der Waals surface area contributed by atoms with E-state index in [0.29, 0.717) is 31.4 Å². The minimum absolute atomic E-state index is 0.0470. The molecule has 1 aromatic heterocycles. The number of rotatable bonds is 3. The molecule has 2 atom stereocenters. The number of ether oxygens (including phenoxy) is 1. The van der Waals surface area contributed by atoms with Crippen LogP contribution in [0, 0.1) is 6.92 Å². The van der Waals surface area contributed by atoms with E-state index in [1.807, 2.05) is 37.8 Å². The van der Waals surface area contributed by atoms with Crippen molar-refractivity contribution in [2.75, 3.05) is 13.1 Å². The highest BCUT2D eigenvalue weighted by atomic mass is 16.5. The number of hydrogen-bond donors (Lipinski definition) is 0. The van der Waals surface area contributed by atoms with Gasteiger partial charge in [0.25, 0.3) is 5.56 Å². The fourth-order valence-corrected chi connectivity index (χ4v) is 3.25. The number of morpholine rings is 1. The number of fused-ring (bicyclic) bond motifs is 1. The summed E-state index contributed by atoms with van der Waals surface area (Å²) in [5, 5.41) is 0.596. The molecule has 2 heterocycles. The van der Waals surface area contributed by atoms with Crippen LogP contribution >= 0.6 is 0 Å². The molecule has 0 N–H and O–H groups in total. The first-order valence-corrected chi connectivity index (χ1v) is 8.33. The normalized spacial score (nSPS) is 21.2. The molecule has 1 aliphatic heterocycles. The minimum atomic E-state index is -0.0970. The lowest BCUT2D eigenvalue weighted by atomic mass is 10.1. The molecular weight excluding hydrogens is 306 g/mol. The Bertz CT molecular complexity index is 805. The smallest absolute Gasteiger partial charge is 0.261 e. The highest BCUT2D eigenvalue weighted by molar-refractivity contribution is 5.80. The lowest BCUT2D eigenvalue weighted by Gasteiger charge is -2.35. The molecule has 1 fully saturated rings. The van der Waals surface area contributed by atoms with Crippen molar-refractivity contribution in [2.24, 2.45) is 0 Å². The van der Waals surface area contributed by atoms with Gasteiger partial charge in [0.1, 0.15) is 0 Å². The van der Waals surface area contributed by atoms with Crippen LogP contribution in [0.15, 0.2) is 29.3 Å². The number of hydrogen-bond acceptors (Lipinski definition) is 4. The van der Waals surface area contributed by atoms with Crippen molar-refractivity contribution in [1.29, 1.82) is 0 Å². The Morgan fingerprint density at radius 3 is 2.71 bits per heavy atom. The summed E-state index contributed by atoms with van der Waals surface area (Å²) in [6.07, 6.45) is 1.92. The van der Waals surface area contributed by atoms with Gasteiger partial charge in [-0.2, -0.15) is 0 Å². The molecule has 128 valence electrons. The van der Waals surface area contributed by atoms with Crippen LogP contribution in [-0.4, -0.2) is 45.7 Å². The van der Waals surface area contributed by atoms with Gasteiger partial charge in [-0.05, 0) is 32.4 Å². The van der Waals surface area contributed by atoms with Crippen LogP contribution in [0.1, 0.15) is 25.8 Å². The Morgan fingerprint density at radius 2 is 2.00 bits per heavy atom. The molecule has 6 nitrogen and oxygen atoms in total. The Labute approximate surface area is 141 Å². The number of nitrogens with zero attached hydrogens (tertiary/aromatic N) is 3. The van der Waals surface area contributed by atoms with Crippen molar-refractivity contribution >= 4 is 16.8 Å². The Balaban J connectivity index is 1.73. The summed E-state index contributed by atoms with van der Waals surface area (Å²) < 4.78 is 7.17. The van der Waals surface area contributed by atoms with Crippen molar-refractivity contribution in [2.45, 2.75) is 45.9 Å². The first kappa shape index (κ1) is 16.6. The molecular formula is C18H23N3O3. The molecule has 1 aliphatic rings. The van der Waals surface area contributed by atoms with E-state index in [0.717, 1.165) is 11.1 Å². The Hall–Kier alpha value is -2.21. The number of para-hydroxylation sites is 1. The number of aromatic nitrogens is 2. The van der Waals surface area contributed by atoms with E-state index >= 15 is 0 Å². The van der Waals surface area contributed by atoms with E-state index < -0.39 is 0 Å². The molecule has 0 radical (unpaired) electrons. The number of aryl methyl sites for hydroxylation is 2. The molecule has 0 aliphatic carbocycles. The zero-order valence-corrected chi connectivity index (χ0v) is 14.4. The summed E-state index contributed by atoms with van der Waals surface area (Å²) in [5.74, 6) is 0.0493. The van der Waals surface area contributed by atoms with E-state index in [4.69, 9.17) is 4.74 Å². The molecule has 2 unspecified atom stereocenters. The number of carbonyl (C=O) groups is 1. The van der Waals surface area contributed by atoms with Crippen LogP contribution in [0.3, 0.4) is 0 Å². The minimum Gasteiger partial charge on any atom is -0.372 e. The van der Waals surface area contributed by atoms with Gasteiger partial charge < -0.3 is 9.64 Å². The van der Waals surface area contributed by atoms with Crippen molar-refractivity contribution < 1.29 is 9.53 Å². The van der Waals surface area contributed by atoms with Gasteiger partial charge in [0.2, 0.25) is 5.91 Å². The maximum Gasteiger partial charge on any atom is 0.261 e. The summed E-state index contributed by atoms with van der Waals surface area (Å²) in [7, 11) is 0. The standard InChI is InChI=1S/C18H23N3O3/c1-12-5-4-6-15-17(12)19-11-20(18(15)23)8-7-16(22)21-9-13(2)24-14(3)10-21/h4-6,11,13-14H,7-10H2,1-3H3. The highest BCUT2D eigenvalue weighted by Gasteiger charge is 2.25. The lowest BCUT2D eigenvalue weighted by Crippen LogP contribution is -2.48. The first-order valence-electron chi connectivity index (χ1n) is 8.33. The van der Waals surface area contributed by atoms with Gasteiger partial charge >= 0.3 is 0 Å². The van der Waals surface area contributed by atoms with Gasteiger partial charge in [-0.3, -0.25) is 14.2 Å². The molecule has 1 saturated heterocycles. The zero-order chi connectivity index (χ0) is 17.3. The molecule has 3 rings (SSSR count). The SMILES string of the molecule is Cc1cccc2c(=O)n(CCC(=O)N3CC(C)OC(C)C3)cnc12. The van der Waals surface area contributed by atoms with Crippen LogP contribution in [0.2, 0.25) is 0 Å². The largest absolute Gasteiger partial charge is 0.372 e. The zero-order valence-electron chi connectivity index (χ0n) is 14.4. The van der Waals surface area contributed by atoms with Crippen molar-refractivity contribution in [1.82, 2.24) is 14.5 Å². The van der Waals surface area contributed by atoms with Crippen molar-refractivity contribution in [3.05, 3.63) is 40.4 Å². The predicted octanol–water partition coefficient (Wildman–Crippen LogP) is 1.73. The quantitative estimate of drug-likeness (QED) is 0.860. The second kappa shape index (κ2) is 6.73. The molecule has 24 heavy (non-hydrogen) atoms. The van der Waals surface area contributed by atoms with E-state index in [2.05, 4.69) is 4.98 Å². The van der Waals surface area contributed by atoms with Gasteiger partial charge in [0, 0.05) is 26.1 Å². The van der Waals surface area contributed by atoms with Crippen LogP contribution in [0.4, 0.5) is 0 Å². The van der Waals surface area contributed by atoms with E-state index in [-0.39, 0.29) is 23.7 Å². The van der Waals surface area contributed by atoms with Crippen LogP contribution in [-0.2, 0) is 16.1 Å². The van der Waals surface area contributed by atoms with Gasteiger partial charge in [-0.1, -0.05) is 12.1 Å². The maximum absolute atomic E-state index is 12.6. The lowest BCUT2D eigenvalue weighted by molar-refractivity contribution is -0.143. The molecule has 0 bridgehead atoms. The monoisotopic (exact) mass is 329 g/mol. The van der Waals surface area contributed by atoms with Gasteiger partial charge in [-0.25, -0.2) is 4.98 Å². The molecule has 6 heteroatoms. The first-order chi connectivity index (χ1) is 11.5. The second-order valence-corrected chi connectivity index (χ2v) is 6.52. The maximum atomic E-state index is 12.6. The average molecular weight is 329 g/mol. The second-order valence-electron chi connectivity index (χ2n) is 6.52. The molecule has 1 aromatic carbocycles. The van der Waals surface area contributed by atoms with Gasteiger partial charge in [-0.15, -0.1) is 0 Å². The van der Waals surface area contributed by atoms with Crippen LogP contribution in [0.25, 0.3) is 10.9 Å². The average Bonchev–Trinajstić information content (AvgIpc) is 2.54. The summed E-state index contributed by atoms with van der Waals surface area (Å²) in [6, 6.07) is 5.57. The van der Waals surface area contributed by atoms with Crippen molar-refractivity contribution in [3.63, 3.8) is 0 Å². The van der Waals surface area contributed by atoms with Gasteiger partial charge in [0.15, 0.2) is 0 Å². The Morgan fingerprint density at radius 1 is 1.29 bits per heavy atom. The van der Waals surface area contributed by atoms with E-state index in [1.165, 1.54) is 10.9 Å². The van der Waals surface area contributed by atoms with Crippen LogP contribution in [0.5, 0.6) is 0 Å². The third-order valence-electron chi connectivity index (χ3n) is 4.39. The highest BCUT2D eigenvalue weighted by Crippen LogP contribution is 2.13. The third-order valence-corrected chi connectivity index (χ3v) is 4.39. The number of benzene rings is 1. The number of carbonyl (C=O) groups excluding carboxylic acids is 1. The fourth-order valence-electron chi connectivity index (χ4n) is 3.25. The predicted molar refractivity (Wildman–Crippen MR) is 91.9 cm³/mol.